The van der Waals surface area contributed by atoms with Crippen LogP contribution < -0.4 is 0 Å². The van der Waals surface area contributed by atoms with Crippen molar-refractivity contribution in [1.29, 1.82) is 0 Å². The van der Waals surface area contributed by atoms with Gasteiger partial charge in [0.25, 0.3) is 0 Å². The zero-order valence-corrected chi connectivity index (χ0v) is 9.84. The van der Waals surface area contributed by atoms with Crippen molar-refractivity contribution in [3.63, 3.8) is 0 Å². The van der Waals surface area contributed by atoms with Gasteiger partial charge in [-0.15, -0.1) is 0 Å². The van der Waals surface area contributed by atoms with Crippen molar-refractivity contribution in [1.82, 2.24) is 0 Å². The highest BCUT2D eigenvalue weighted by Gasteiger charge is 2.20. The van der Waals surface area contributed by atoms with Crippen molar-refractivity contribution >= 4 is 5.97 Å². The van der Waals surface area contributed by atoms with Crippen molar-refractivity contribution in [2.24, 2.45) is 5.41 Å². The second-order valence-electron chi connectivity index (χ2n) is 4.43. The Bertz CT molecular complexity index is 241. The monoisotopic (exact) mass is 212 g/mol. The van der Waals surface area contributed by atoms with Crippen molar-refractivity contribution in [2.75, 3.05) is 19.8 Å². The molecule has 0 atom stereocenters. The van der Waals surface area contributed by atoms with Crippen LogP contribution in [0.2, 0.25) is 0 Å². The van der Waals surface area contributed by atoms with E-state index in [1.54, 1.807) is 0 Å². The van der Waals surface area contributed by atoms with Crippen LogP contribution in [0.1, 0.15) is 20.8 Å². The summed E-state index contributed by atoms with van der Waals surface area (Å²) in [6.07, 6.45) is 1.16. The van der Waals surface area contributed by atoms with Gasteiger partial charge in [-0.25, -0.2) is 4.79 Å². The molecule has 0 aromatic heterocycles. The minimum absolute atomic E-state index is 0.186. The molecule has 0 aliphatic carbocycles. The van der Waals surface area contributed by atoms with E-state index >= 15 is 0 Å². The van der Waals surface area contributed by atoms with Gasteiger partial charge in [-0.2, -0.15) is 0 Å². The molecule has 3 heteroatoms. The predicted octanol–water partition coefficient (Wildman–Crippen LogP) is 2.33. The molecule has 0 aromatic carbocycles. The molecule has 0 aliphatic heterocycles. The molecule has 86 valence electrons. The maximum Gasteiger partial charge on any atom is 0.330 e. The average molecular weight is 212 g/mol. The topological polar surface area (TPSA) is 35.5 Å². The van der Waals surface area contributed by atoms with E-state index in [-0.39, 0.29) is 5.41 Å². The summed E-state index contributed by atoms with van der Waals surface area (Å²) >= 11 is 0. The van der Waals surface area contributed by atoms with E-state index in [1.807, 2.05) is 20.8 Å². The lowest BCUT2D eigenvalue weighted by Gasteiger charge is -2.23. The highest BCUT2D eigenvalue weighted by Crippen LogP contribution is 2.16. The molecule has 3 nitrogen and oxygen atoms in total. The molecule has 0 fully saturated rings. The van der Waals surface area contributed by atoms with Gasteiger partial charge in [0.2, 0.25) is 0 Å². The Morgan fingerprint density at radius 3 is 2.47 bits per heavy atom. The van der Waals surface area contributed by atoms with Crippen LogP contribution in [-0.2, 0) is 14.3 Å². The molecule has 0 saturated heterocycles. The van der Waals surface area contributed by atoms with Crippen molar-refractivity contribution in [3.05, 3.63) is 24.8 Å². The zero-order chi connectivity index (χ0) is 11.9. The molecule has 15 heavy (non-hydrogen) atoms. The molecular weight excluding hydrogens is 192 g/mol. The molecule has 0 aliphatic rings. The average Bonchev–Trinajstić information content (AvgIpc) is 2.13. The number of hydrogen-bond acceptors (Lipinski definition) is 3. The second kappa shape index (κ2) is 6.40. The first-order valence-corrected chi connectivity index (χ1v) is 4.89. The van der Waals surface area contributed by atoms with E-state index in [9.17, 15) is 4.79 Å². The van der Waals surface area contributed by atoms with Gasteiger partial charge >= 0.3 is 5.97 Å². The number of esters is 1. The molecule has 0 radical (unpaired) electrons. The van der Waals surface area contributed by atoms with Crippen LogP contribution in [0, 0.1) is 5.41 Å². The van der Waals surface area contributed by atoms with Gasteiger partial charge < -0.3 is 9.47 Å². The van der Waals surface area contributed by atoms with Gasteiger partial charge in [-0.1, -0.05) is 32.6 Å². The Balaban J connectivity index is 3.80. The van der Waals surface area contributed by atoms with Crippen LogP contribution >= 0.6 is 0 Å². The number of carbonyl (C=O) groups is 1. The molecule has 0 N–H and O–H groups in total. The third-order valence-electron chi connectivity index (χ3n) is 1.61. The molecule has 0 heterocycles. The Labute approximate surface area is 91.8 Å². The van der Waals surface area contributed by atoms with Gasteiger partial charge in [0.05, 0.1) is 19.8 Å². The first kappa shape index (κ1) is 13.9. The summed E-state index contributed by atoms with van der Waals surface area (Å²) in [6, 6.07) is 0. The van der Waals surface area contributed by atoms with Crippen LogP contribution in [-0.4, -0.2) is 25.8 Å². The highest BCUT2D eigenvalue weighted by atomic mass is 16.5. The van der Waals surface area contributed by atoms with Crippen LogP contribution in [0.3, 0.4) is 0 Å². The van der Waals surface area contributed by atoms with E-state index in [0.717, 1.165) is 11.6 Å². The Kier molecular flexibility index (Phi) is 5.94. The molecular formula is C12H20O3. The van der Waals surface area contributed by atoms with E-state index in [0.29, 0.717) is 19.8 Å². The molecule has 0 rings (SSSR count). The van der Waals surface area contributed by atoms with Crippen molar-refractivity contribution in [3.8, 4) is 0 Å². The largest absolute Gasteiger partial charge is 0.462 e. The quantitative estimate of drug-likeness (QED) is 0.369. The van der Waals surface area contributed by atoms with Gasteiger partial charge in [-0.3, -0.25) is 0 Å². The number of hydrogen-bond donors (Lipinski definition) is 0. The lowest BCUT2D eigenvalue weighted by Crippen LogP contribution is -2.27. The van der Waals surface area contributed by atoms with Crippen molar-refractivity contribution in [2.45, 2.75) is 20.8 Å². The van der Waals surface area contributed by atoms with Crippen LogP contribution in [0.15, 0.2) is 24.8 Å². The highest BCUT2D eigenvalue weighted by molar-refractivity contribution is 5.81. The molecule has 0 aromatic rings. The normalized spacial score (nSPS) is 10.9. The molecule has 0 unspecified atom stereocenters. The summed E-state index contributed by atoms with van der Waals surface area (Å²) in [5.41, 5.74) is 0.794. The lowest BCUT2D eigenvalue weighted by atomic mass is 9.96. The lowest BCUT2D eigenvalue weighted by molar-refractivity contribution is -0.141. The smallest absolute Gasteiger partial charge is 0.330 e. The Morgan fingerprint density at radius 2 is 2.00 bits per heavy atom. The fraction of sp³-hybridized carbons (Fsp3) is 0.583. The standard InChI is InChI=1S/C12H20O3/c1-6-11(13)15-9-12(4,5)8-14-7-10(2)3/h6H,1-2,7-9H2,3-5H3. The fourth-order valence-corrected chi connectivity index (χ4v) is 0.869. The molecule has 0 amide bonds. The summed E-state index contributed by atoms with van der Waals surface area (Å²) in [6.45, 7) is 14.3. The SMILES string of the molecule is C=CC(=O)OCC(C)(C)COCC(=C)C. The van der Waals surface area contributed by atoms with Gasteiger partial charge in [0.15, 0.2) is 0 Å². The van der Waals surface area contributed by atoms with E-state index in [2.05, 4.69) is 13.2 Å². The maximum absolute atomic E-state index is 10.8. The van der Waals surface area contributed by atoms with Gasteiger partial charge in [0.1, 0.15) is 0 Å². The van der Waals surface area contributed by atoms with Gasteiger partial charge in [-0.05, 0) is 6.92 Å². The fourth-order valence-electron chi connectivity index (χ4n) is 0.869. The van der Waals surface area contributed by atoms with Crippen LogP contribution in [0.4, 0.5) is 0 Å². The minimum atomic E-state index is -0.400. The number of carbonyl (C=O) groups excluding carboxylic acids is 1. The van der Waals surface area contributed by atoms with Crippen LogP contribution in [0.5, 0.6) is 0 Å². The summed E-state index contributed by atoms with van der Waals surface area (Å²) < 4.78 is 10.4. The van der Waals surface area contributed by atoms with E-state index < -0.39 is 5.97 Å². The predicted molar refractivity (Wildman–Crippen MR) is 60.6 cm³/mol. The first-order valence-electron chi connectivity index (χ1n) is 4.89. The molecule has 0 saturated carbocycles. The molecule has 0 spiro atoms. The summed E-state index contributed by atoms with van der Waals surface area (Å²) in [7, 11) is 0. The minimum Gasteiger partial charge on any atom is -0.462 e. The number of rotatable bonds is 7. The third kappa shape index (κ3) is 7.94. The number of ether oxygens (including phenoxy) is 2. The summed E-state index contributed by atoms with van der Waals surface area (Å²) in [4.78, 5) is 10.8. The van der Waals surface area contributed by atoms with Crippen LogP contribution in [0.25, 0.3) is 0 Å². The van der Waals surface area contributed by atoms with Crippen molar-refractivity contribution < 1.29 is 14.3 Å². The van der Waals surface area contributed by atoms with E-state index in [1.165, 1.54) is 0 Å². The second-order valence-corrected chi connectivity index (χ2v) is 4.43. The molecule has 0 bridgehead atoms. The van der Waals surface area contributed by atoms with Gasteiger partial charge in [0, 0.05) is 11.5 Å². The van der Waals surface area contributed by atoms with E-state index in [4.69, 9.17) is 9.47 Å². The summed E-state index contributed by atoms with van der Waals surface area (Å²) in [5.74, 6) is -0.400. The summed E-state index contributed by atoms with van der Waals surface area (Å²) in [5, 5.41) is 0. The Morgan fingerprint density at radius 1 is 1.40 bits per heavy atom. The zero-order valence-electron chi connectivity index (χ0n) is 9.84. The Hall–Kier alpha value is -1.09. The third-order valence-corrected chi connectivity index (χ3v) is 1.61. The first-order chi connectivity index (χ1) is 6.87. The maximum atomic E-state index is 10.8.